The third-order valence-electron chi connectivity index (χ3n) is 4.80. The lowest BCUT2D eigenvalue weighted by atomic mass is 10.1. The Bertz CT molecular complexity index is 1040. The largest absolute Gasteiger partial charge is 0.452 e. The van der Waals surface area contributed by atoms with Crippen LogP contribution in [0.5, 0.6) is 0 Å². The number of carbonyl (C=O) groups excluding carboxylic acids is 2. The van der Waals surface area contributed by atoms with Crippen LogP contribution < -0.4 is 5.32 Å². The monoisotopic (exact) mass is 422 g/mol. The summed E-state index contributed by atoms with van der Waals surface area (Å²) in [6, 6.07) is 14.0. The zero-order valence-corrected chi connectivity index (χ0v) is 18.5. The van der Waals surface area contributed by atoms with Crippen molar-refractivity contribution in [3.05, 3.63) is 70.2 Å². The average molecular weight is 423 g/mol. The summed E-state index contributed by atoms with van der Waals surface area (Å²) in [6.07, 6.45) is 0.132. The Balaban J connectivity index is 1.55. The maximum atomic E-state index is 12.4. The second-order valence-electron chi connectivity index (χ2n) is 7.31. The van der Waals surface area contributed by atoms with Crippen molar-refractivity contribution < 1.29 is 14.3 Å². The Labute approximate surface area is 181 Å². The molecule has 0 unspecified atom stereocenters. The molecule has 6 heteroatoms. The number of rotatable bonds is 7. The molecular formula is C24H26N2O3S. The number of anilines is 1. The zero-order valence-electron chi connectivity index (χ0n) is 17.7. The van der Waals surface area contributed by atoms with Crippen molar-refractivity contribution in [3.8, 4) is 10.6 Å². The Hall–Kier alpha value is -2.99. The number of hydrogen-bond acceptors (Lipinski definition) is 5. The summed E-state index contributed by atoms with van der Waals surface area (Å²) in [5.74, 6) is -0.832. The van der Waals surface area contributed by atoms with E-state index in [0.717, 1.165) is 28.1 Å². The predicted octanol–water partition coefficient (Wildman–Crippen LogP) is 5.10. The summed E-state index contributed by atoms with van der Waals surface area (Å²) < 4.78 is 5.31. The molecule has 1 heterocycles. The van der Waals surface area contributed by atoms with Crippen molar-refractivity contribution in [2.75, 3.05) is 5.32 Å². The van der Waals surface area contributed by atoms with Crippen LogP contribution in [0.2, 0.25) is 0 Å². The number of aryl methyl sites for hydroxylation is 3. The van der Waals surface area contributed by atoms with Gasteiger partial charge in [0.25, 0.3) is 5.91 Å². The van der Waals surface area contributed by atoms with Gasteiger partial charge in [-0.05, 0) is 44.4 Å². The topological polar surface area (TPSA) is 68.3 Å². The molecule has 5 nitrogen and oxygen atoms in total. The van der Waals surface area contributed by atoms with E-state index in [0.29, 0.717) is 11.4 Å². The van der Waals surface area contributed by atoms with Crippen LogP contribution in [0.4, 0.5) is 5.69 Å². The number of ether oxygens (including phenoxy) is 1. The van der Waals surface area contributed by atoms with Crippen LogP contribution in [0.3, 0.4) is 0 Å². The van der Waals surface area contributed by atoms with Crippen molar-refractivity contribution in [1.29, 1.82) is 0 Å². The first-order chi connectivity index (χ1) is 14.4. The SMILES string of the molecule is CCc1ccc(-c2nc(CC(=O)O[C@@H](C)C(=O)Nc3ccc(C)cc3C)cs2)cc1. The Kier molecular flexibility index (Phi) is 7.00. The van der Waals surface area contributed by atoms with E-state index in [4.69, 9.17) is 4.74 Å². The summed E-state index contributed by atoms with van der Waals surface area (Å²) in [7, 11) is 0. The van der Waals surface area contributed by atoms with Gasteiger partial charge in [0.05, 0.1) is 12.1 Å². The molecule has 1 N–H and O–H groups in total. The van der Waals surface area contributed by atoms with Gasteiger partial charge in [0.1, 0.15) is 5.01 Å². The molecule has 0 radical (unpaired) electrons. The quantitative estimate of drug-likeness (QED) is 0.538. The first kappa shape index (κ1) is 21.7. The molecule has 1 amide bonds. The van der Waals surface area contributed by atoms with Gasteiger partial charge in [-0.15, -0.1) is 11.3 Å². The van der Waals surface area contributed by atoms with E-state index in [1.807, 2.05) is 49.6 Å². The van der Waals surface area contributed by atoms with Crippen molar-refractivity contribution >= 4 is 28.9 Å². The minimum Gasteiger partial charge on any atom is -0.452 e. The molecule has 3 rings (SSSR count). The third-order valence-corrected chi connectivity index (χ3v) is 5.74. The number of carbonyl (C=O) groups is 2. The predicted molar refractivity (Wildman–Crippen MR) is 121 cm³/mol. The van der Waals surface area contributed by atoms with E-state index < -0.39 is 12.1 Å². The molecule has 0 bridgehead atoms. The highest BCUT2D eigenvalue weighted by molar-refractivity contribution is 7.13. The van der Waals surface area contributed by atoms with Gasteiger partial charge in [0.2, 0.25) is 0 Å². The maximum Gasteiger partial charge on any atom is 0.312 e. The maximum absolute atomic E-state index is 12.4. The molecule has 156 valence electrons. The minimum absolute atomic E-state index is 0.0325. The van der Waals surface area contributed by atoms with Crippen LogP contribution in [-0.4, -0.2) is 23.0 Å². The van der Waals surface area contributed by atoms with Crippen molar-refractivity contribution in [3.63, 3.8) is 0 Å². The Morgan fingerprint density at radius 2 is 1.87 bits per heavy atom. The number of aromatic nitrogens is 1. The van der Waals surface area contributed by atoms with Gasteiger partial charge in [-0.2, -0.15) is 0 Å². The van der Waals surface area contributed by atoms with Crippen LogP contribution in [0.1, 0.15) is 36.2 Å². The summed E-state index contributed by atoms with van der Waals surface area (Å²) in [5.41, 5.74) is 5.73. The van der Waals surface area contributed by atoms with E-state index in [-0.39, 0.29) is 12.3 Å². The highest BCUT2D eigenvalue weighted by Crippen LogP contribution is 2.24. The van der Waals surface area contributed by atoms with Gasteiger partial charge in [-0.3, -0.25) is 9.59 Å². The Morgan fingerprint density at radius 3 is 2.53 bits per heavy atom. The summed E-state index contributed by atoms with van der Waals surface area (Å²) in [4.78, 5) is 29.2. The molecule has 0 spiro atoms. The molecule has 0 aliphatic carbocycles. The summed E-state index contributed by atoms with van der Waals surface area (Å²) in [5, 5.41) is 5.53. The molecule has 0 saturated heterocycles. The summed E-state index contributed by atoms with van der Waals surface area (Å²) in [6.45, 7) is 7.60. The molecule has 3 aromatic rings. The minimum atomic E-state index is -0.891. The number of nitrogens with one attached hydrogen (secondary N) is 1. The number of benzene rings is 2. The van der Waals surface area contributed by atoms with Gasteiger partial charge in [0.15, 0.2) is 6.10 Å². The molecule has 30 heavy (non-hydrogen) atoms. The first-order valence-electron chi connectivity index (χ1n) is 9.97. The molecule has 0 saturated carbocycles. The average Bonchev–Trinajstić information content (AvgIpc) is 3.18. The number of esters is 1. The standard InChI is InChI=1S/C24H26N2O3S/c1-5-18-7-9-19(10-8-18)24-25-20(14-30-24)13-22(27)29-17(4)23(28)26-21-11-6-15(2)12-16(21)3/h6-12,14,17H,5,13H2,1-4H3,(H,26,28)/t17-/m0/s1. The Morgan fingerprint density at radius 1 is 1.13 bits per heavy atom. The fourth-order valence-electron chi connectivity index (χ4n) is 3.03. The van der Waals surface area contributed by atoms with Crippen LogP contribution in [0, 0.1) is 13.8 Å². The number of hydrogen-bond donors (Lipinski definition) is 1. The first-order valence-corrected chi connectivity index (χ1v) is 10.8. The lowest BCUT2D eigenvalue weighted by Gasteiger charge is -2.14. The van der Waals surface area contributed by atoms with Crippen molar-refractivity contribution in [1.82, 2.24) is 4.98 Å². The number of nitrogens with zero attached hydrogens (tertiary/aromatic N) is 1. The van der Waals surface area contributed by atoms with Crippen LogP contribution in [0.25, 0.3) is 10.6 Å². The molecule has 1 atom stereocenters. The molecule has 0 aliphatic rings. The zero-order chi connectivity index (χ0) is 21.7. The highest BCUT2D eigenvalue weighted by Gasteiger charge is 2.19. The fourth-order valence-corrected chi connectivity index (χ4v) is 3.86. The second-order valence-corrected chi connectivity index (χ2v) is 8.17. The van der Waals surface area contributed by atoms with Crippen molar-refractivity contribution in [2.24, 2.45) is 0 Å². The summed E-state index contributed by atoms with van der Waals surface area (Å²) >= 11 is 1.49. The van der Waals surface area contributed by atoms with E-state index in [9.17, 15) is 9.59 Å². The van der Waals surface area contributed by atoms with Crippen molar-refractivity contribution in [2.45, 2.75) is 46.6 Å². The van der Waals surface area contributed by atoms with Gasteiger partial charge < -0.3 is 10.1 Å². The van der Waals surface area contributed by atoms with Crippen LogP contribution >= 0.6 is 11.3 Å². The van der Waals surface area contributed by atoms with Gasteiger partial charge in [-0.25, -0.2) is 4.98 Å². The second kappa shape index (κ2) is 9.67. The van der Waals surface area contributed by atoms with Gasteiger partial charge >= 0.3 is 5.97 Å². The van der Waals surface area contributed by atoms with E-state index in [2.05, 4.69) is 29.4 Å². The third kappa shape index (κ3) is 5.54. The molecule has 1 aromatic heterocycles. The van der Waals surface area contributed by atoms with Crippen LogP contribution in [-0.2, 0) is 27.2 Å². The molecule has 0 fully saturated rings. The van der Waals surface area contributed by atoms with E-state index in [1.54, 1.807) is 6.92 Å². The smallest absolute Gasteiger partial charge is 0.312 e. The van der Waals surface area contributed by atoms with Gasteiger partial charge in [0, 0.05) is 16.6 Å². The van der Waals surface area contributed by atoms with Gasteiger partial charge in [-0.1, -0.05) is 48.9 Å². The van der Waals surface area contributed by atoms with E-state index >= 15 is 0 Å². The molecule has 0 aliphatic heterocycles. The fraction of sp³-hybridized carbons (Fsp3) is 0.292. The van der Waals surface area contributed by atoms with E-state index in [1.165, 1.54) is 16.9 Å². The number of amides is 1. The molecule has 2 aromatic carbocycles. The van der Waals surface area contributed by atoms with Crippen LogP contribution in [0.15, 0.2) is 47.8 Å². The normalized spacial score (nSPS) is 11.7. The molecular weight excluding hydrogens is 396 g/mol. The highest BCUT2D eigenvalue weighted by atomic mass is 32.1. The lowest BCUT2D eigenvalue weighted by Crippen LogP contribution is -2.30. The number of thiazole rings is 1. The lowest BCUT2D eigenvalue weighted by molar-refractivity contribution is -0.152.